The third kappa shape index (κ3) is 2.14. The molecule has 5 heteroatoms. The molecule has 1 amide bonds. The molecule has 2 rings (SSSR count). The van der Waals surface area contributed by atoms with E-state index in [4.69, 9.17) is 12.2 Å². The van der Waals surface area contributed by atoms with Gasteiger partial charge in [0.15, 0.2) is 4.77 Å². The Kier molecular flexibility index (Phi) is 2.78. The quantitative estimate of drug-likeness (QED) is 0.701. The van der Waals surface area contributed by atoms with Crippen LogP contribution >= 0.6 is 12.2 Å². The summed E-state index contributed by atoms with van der Waals surface area (Å²) in [6.07, 6.45) is 0. The summed E-state index contributed by atoms with van der Waals surface area (Å²) in [6, 6.07) is 5.60. The highest BCUT2D eigenvalue weighted by Crippen LogP contribution is 2.16. The predicted octanol–water partition coefficient (Wildman–Crippen LogP) is 2.82. The molecule has 1 heterocycles. The van der Waals surface area contributed by atoms with Gasteiger partial charge in [-0.3, -0.25) is 4.79 Å². The molecule has 0 bridgehead atoms. The molecule has 0 saturated carbocycles. The molecule has 0 fully saturated rings. The van der Waals surface area contributed by atoms with Gasteiger partial charge >= 0.3 is 0 Å². The minimum Gasteiger partial charge on any atom is -0.331 e. The highest BCUT2D eigenvalue weighted by molar-refractivity contribution is 7.71. The van der Waals surface area contributed by atoms with Crippen LogP contribution in [0.15, 0.2) is 18.2 Å². The molecule has 4 nitrogen and oxygen atoms in total. The standard InChI is InChI=1S/C11H13N3OS/c1-6(2)10(15)12-7-3-4-8-9(5-7)14-11(16)13-8/h3-6H,1-2H3,(H,12,15)(H2,13,14,16). The van der Waals surface area contributed by atoms with E-state index < -0.39 is 0 Å². The van der Waals surface area contributed by atoms with Crippen molar-refractivity contribution in [2.75, 3.05) is 5.32 Å². The number of aromatic nitrogens is 2. The molecule has 0 unspecified atom stereocenters. The van der Waals surface area contributed by atoms with Crippen LogP contribution in [0, 0.1) is 10.7 Å². The van der Waals surface area contributed by atoms with Crippen molar-refractivity contribution in [3.63, 3.8) is 0 Å². The SMILES string of the molecule is CC(C)C(=O)Nc1ccc2[nH]c(=S)[nH]c2c1. The summed E-state index contributed by atoms with van der Waals surface area (Å²) in [4.78, 5) is 17.5. The molecule has 0 atom stereocenters. The Balaban J connectivity index is 2.32. The van der Waals surface area contributed by atoms with Crippen molar-refractivity contribution in [1.29, 1.82) is 0 Å². The van der Waals surface area contributed by atoms with Crippen LogP contribution in [0.4, 0.5) is 5.69 Å². The van der Waals surface area contributed by atoms with E-state index in [1.165, 1.54) is 0 Å². The third-order valence-corrected chi connectivity index (χ3v) is 2.51. The lowest BCUT2D eigenvalue weighted by Gasteiger charge is -2.07. The largest absolute Gasteiger partial charge is 0.331 e. The molecule has 1 aromatic carbocycles. The van der Waals surface area contributed by atoms with Crippen molar-refractivity contribution in [2.24, 2.45) is 5.92 Å². The van der Waals surface area contributed by atoms with Crippen molar-refractivity contribution in [1.82, 2.24) is 9.97 Å². The summed E-state index contributed by atoms with van der Waals surface area (Å²) in [6.45, 7) is 3.72. The fourth-order valence-corrected chi connectivity index (χ4v) is 1.62. The molecule has 1 aromatic heterocycles. The average Bonchev–Trinajstić information content (AvgIpc) is 2.57. The van der Waals surface area contributed by atoms with Gasteiger partial charge in [0.25, 0.3) is 0 Å². The van der Waals surface area contributed by atoms with Crippen LogP contribution in [-0.4, -0.2) is 15.9 Å². The van der Waals surface area contributed by atoms with E-state index in [0.29, 0.717) is 4.77 Å². The second-order valence-electron chi connectivity index (χ2n) is 3.98. The maximum absolute atomic E-state index is 11.5. The number of amides is 1. The van der Waals surface area contributed by atoms with Crippen LogP contribution < -0.4 is 5.32 Å². The summed E-state index contributed by atoms with van der Waals surface area (Å²) in [7, 11) is 0. The van der Waals surface area contributed by atoms with Crippen molar-refractivity contribution < 1.29 is 4.79 Å². The van der Waals surface area contributed by atoms with Crippen LogP contribution in [0.5, 0.6) is 0 Å². The molecule has 0 aliphatic carbocycles. The summed E-state index contributed by atoms with van der Waals surface area (Å²) in [5.41, 5.74) is 2.61. The van der Waals surface area contributed by atoms with Crippen LogP contribution in [0.25, 0.3) is 11.0 Å². The Hall–Kier alpha value is -1.62. The zero-order valence-electron chi connectivity index (χ0n) is 9.13. The fraction of sp³-hybridized carbons (Fsp3) is 0.273. The number of H-pyrrole nitrogens is 2. The molecule has 0 saturated heterocycles. The number of carbonyl (C=O) groups excluding carboxylic acids is 1. The third-order valence-electron chi connectivity index (χ3n) is 2.31. The second-order valence-corrected chi connectivity index (χ2v) is 4.39. The maximum atomic E-state index is 11.5. The lowest BCUT2D eigenvalue weighted by atomic mass is 10.2. The lowest BCUT2D eigenvalue weighted by Crippen LogP contribution is -2.17. The van der Waals surface area contributed by atoms with Crippen molar-refractivity contribution in [3.05, 3.63) is 23.0 Å². The van der Waals surface area contributed by atoms with Gasteiger partial charge in [0.1, 0.15) is 0 Å². The first-order valence-electron chi connectivity index (χ1n) is 5.09. The zero-order valence-corrected chi connectivity index (χ0v) is 9.94. The number of hydrogen-bond acceptors (Lipinski definition) is 2. The van der Waals surface area contributed by atoms with Gasteiger partial charge in [-0.05, 0) is 30.4 Å². The monoisotopic (exact) mass is 235 g/mol. The molecule has 2 aromatic rings. The van der Waals surface area contributed by atoms with Crippen LogP contribution in [-0.2, 0) is 4.79 Å². The number of aromatic amines is 2. The topological polar surface area (TPSA) is 60.7 Å². The summed E-state index contributed by atoms with van der Waals surface area (Å²) >= 11 is 4.99. The second kappa shape index (κ2) is 4.09. The first kappa shape index (κ1) is 10.9. The Bertz CT molecular complexity index is 582. The van der Waals surface area contributed by atoms with Crippen LogP contribution in [0.1, 0.15) is 13.8 Å². The summed E-state index contributed by atoms with van der Waals surface area (Å²) in [5, 5.41) is 2.84. The van der Waals surface area contributed by atoms with E-state index in [1.807, 2.05) is 32.0 Å². The van der Waals surface area contributed by atoms with Gasteiger partial charge in [-0.1, -0.05) is 13.8 Å². The molecular formula is C11H13N3OS. The molecule has 3 N–H and O–H groups in total. The minimum absolute atomic E-state index is 0.00785. The van der Waals surface area contributed by atoms with Gasteiger partial charge < -0.3 is 15.3 Å². The summed E-state index contributed by atoms with van der Waals surface area (Å²) < 4.78 is 0.585. The number of hydrogen-bond donors (Lipinski definition) is 3. The first-order chi connectivity index (χ1) is 7.56. The predicted molar refractivity (Wildman–Crippen MR) is 67.0 cm³/mol. The summed E-state index contributed by atoms with van der Waals surface area (Å²) in [5.74, 6) is -0.0195. The normalized spacial score (nSPS) is 10.9. The van der Waals surface area contributed by atoms with Gasteiger partial charge in [-0.25, -0.2) is 0 Å². The smallest absolute Gasteiger partial charge is 0.226 e. The van der Waals surface area contributed by atoms with Gasteiger partial charge in [-0.2, -0.15) is 0 Å². The van der Waals surface area contributed by atoms with E-state index in [-0.39, 0.29) is 11.8 Å². The average molecular weight is 235 g/mol. The van der Waals surface area contributed by atoms with Crippen LogP contribution in [0.3, 0.4) is 0 Å². The Morgan fingerprint density at radius 3 is 2.69 bits per heavy atom. The minimum atomic E-state index is -0.0274. The van der Waals surface area contributed by atoms with Gasteiger partial charge in [-0.15, -0.1) is 0 Å². The molecule has 0 radical (unpaired) electrons. The molecular weight excluding hydrogens is 222 g/mol. The highest BCUT2D eigenvalue weighted by atomic mass is 32.1. The molecule has 0 aliphatic heterocycles. The number of imidazole rings is 1. The molecule has 16 heavy (non-hydrogen) atoms. The number of benzene rings is 1. The maximum Gasteiger partial charge on any atom is 0.226 e. The first-order valence-corrected chi connectivity index (χ1v) is 5.50. The van der Waals surface area contributed by atoms with E-state index in [9.17, 15) is 4.79 Å². The Labute approximate surface area is 98.1 Å². The number of nitrogens with one attached hydrogen (secondary N) is 3. The van der Waals surface area contributed by atoms with Gasteiger partial charge in [0.05, 0.1) is 11.0 Å². The highest BCUT2D eigenvalue weighted by Gasteiger charge is 2.07. The number of anilines is 1. The van der Waals surface area contributed by atoms with E-state index in [2.05, 4.69) is 15.3 Å². The fourth-order valence-electron chi connectivity index (χ4n) is 1.40. The molecule has 0 spiro atoms. The Morgan fingerprint density at radius 1 is 1.31 bits per heavy atom. The van der Waals surface area contributed by atoms with Crippen molar-refractivity contribution in [2.45, 2.75) is 13.8 Å². The molecule has 84 valence electrons. The number of carbonyl (C=O) groups is 1. The lowest BCUT2D eigenvalue weighted by molar-refractivity contribution is -0.118. The zero-order chi connectivity index (χ0) is 11.7. The van der Waals surface area contributed by atoms with Crippen molar-refractivity contribution in [3.8, 4) is 0 Å². The van der Waals surface area contributed by atoms with E-state index in [1.54, 1.807) is 0 Å². The number of rotatable bonds is 2. The van der Waals surface area contributed by atoms with Crippen molar-refractivity contribution >= 4 is 34.8 Å². The van der Waals surface area contributed by atoms with Gasteiger partial charge in [0.2, 0.25) is 5.91 Å². The van der Waals surface area contributed by atoms with E-state index in [0.717, 1.165) is 16.7 Å². The molecule has 0 aliphatic rings. The van der Waals surface area contributed by atoms with Crippen LogP contribution in [0.2, 0.25) is 0 Å². The number of fused-ring (bicyclic) bond motifs is 1. The van der Waals surface area contributed by atoms with E-state index >= 15 is 0 Å². The van der Waals surface area contributed by atoms with Gasteiger partial charge in [0, 0.05) is 11.6 Å². The Morgan fingerprint density at radius 2 is 2.00 bits per heavy atom.